The SMILES string of the molecule is C1=CCCC=C1.Cl.[Rh]. The van der Waals surface area contributed by atoms with Gasteiger partial charge in [-0.1, -0.05) is 24.3 Å². The molecule has 0 heterocycles. The number of hydrogen-bond donors (Lipinski definition) is 0. The van der Waals surface area contributed by atoms with Gasteiger partial charge >= 0.3 is 0 Å². The van der Waals surface area contributed by atoms with Crippen molar-refractivity contribution in [3.05, 3.63) is 24.3 Å². The first-order valence-corrected chi connectivity index (χ1v) is 2.32. The van der Waals surface area contributed by atoms with Gasteiger partial charge in [-0.05, 0) is 12.8 Å². The average Bonchev–Trinajstić information content (AvgIpc) is 1.72. The van der Waals surface area contributed by atoms with E-state index in [0.29, 0.717) is 0 Å². The van der Waals surface area contributed by atoms with E-state index < -0.39 is 0 Å². The van der Waals surface area contributed by atoms with Crippen LogP contribution in [0, 0.1) is 0 Å². The van der Waals surface area contributed by atoms with Crippen LogP contribution >= 0.6 is 12.4 Å². The Balaban J connectivity index is 0. The molecule has 0 aromatic carbocycles. The Labute approximate surface area is 69.2 Å². The van der Waals surface area contributed by atoms with Crippen LogP contribution in [0.1, 0.15) is 12.8 Å². The maximum Gasteiger partial charge on any atom is 0 e. The molecule has 2 heteroatoms. The van der Waals surface area contributed by atoms with E-state index in [4.69, 9.17) is 0 Å². The van der Waals surface area contributed by atoms with Gasteiger partial charge in [0.25, 0.3) is 0 Å². The Kier molecular flexibility index (Phi) is 10.4. The van der Waals surface area contributed by atoms with Gasteiger partial charge in [-0.2, -0.15) is 0 Å². The molecule has 0 unspecified atom stereocenters. The molecule has 0 amide bonds. The molecule has 0 aliphatic heterocycles. The molecule has 0 saturated carbocycles. The van der Waals surface area contributed by atoms with Crippen molar-refractivity contribution in [2.45, 2.75) is 12.8 Å². The van der Waals surface area contributed by atoms with Crippen molar-refractivity contribution in [2.24, 2.45) is 0 Å². The Hall–Kier alpha value is 0.393. The molecular weight excluding hydrogens is 210 g/mol. The third kappa shape index (κ3) is 4.55. The summed E-state index contributed by atoms with van der Waals surface area (Å²) >= 11 is 0. The topological polar surface area (TPSA) is 0 Å². The van der Waals surface area contributed by atoms with E-state index in [1.807, 2.05) is 0 Å². The van der Waals surface area contributed by atoms with E-state index in [2.05, 4.69) is 24.3 Å². The molecule has 0 aromatic rings. The molecule has 8 heavy (non-hydrogen) atoms. The molecule has 0 spiro atoms. The predicted molar refractivity (Wildman–Crippen MR) is 34.8 cm³/mol. The summed E-state index contributed by atoms with van der Waals surface area (Å²) in [6.07, 6.45) is 11.0. The van der Waals surface area contributed by atoms with Crippen molar-refractivity contribution in [3.63, 3.8) is 0 Å². The van der Waals surface area contributed by atoms with Gasteiger partial charge in [0.05, 0.1) is 0 Å². The summed E-state index contributed by atoms with van der Waals surface area (Å²) in [5.41, 5.74) is 0. The number of rotatable bonds is 0. The number of hydrogen-bond acceptors (Lipinski definition) is 0. The van der Waals surface area contributed by atoms with Crippen LogP contribution in [0.4, 0.5) is 0 Å². The van der Waals surface area contributed by atoms with E-state index in [-0.39, 0.29) is 31.9 Å². The Morgan fingerprint density at radius 1 is 0.875 bits per heavy atom. The minimum Gasteiger partial charge on any atom is -0.147 e. The molecule has 1 rings (SSSR count). The fourth-order valence-corrected chi connectivity index (χ4v) is 0.542. The first-order valence-electron chi connectivity index (χ1n) is 2.32. The standard InChI is InChI=1S/C6H8.ClH.Rh/c1-2-4-6-5-3-1;;/h1-4H,5-6H2;1H;. The van der Waals surface area contributed by atoms with Gasteiger partial charge in [-0.25, -0.2) is 0 Å². The van der Waals surface area contributed by atoms with Crippen molar-refractivity contribution in [1.29, 1.82) is 0 Å². The number of halogens is 1. The van der Waals surface area contributed by atoms with Gasteiger partial charge in [-0.3, -0.25) is 0 Å². The molecule has 0 N–H and O–H groups in total. The fourth-order valence-electron chi connectivity index (χ4n) is 0.542. The first-order chi connectivity index (χ1) is 3.00. The number of allylic oxidation sites excluding steroid dienone is 4. The fraction of sp³-hybridized carbons (Fsp3) is 0.333. The third-order valence-electron chi connectivity index (χ3n) is 0.883. The van der Waals surface area contributed by atoms with Gasteiger partial charge in [0, 0.05) is 19.5 Å². The zero-order valence-electron chi connectivity index (χ0n) is 4.47. The molecule has 0 nitrogen and oxygen atoms in total. The van der Waals surface area contributed by atoms with Crippen molar-refractivity contribution >= 4 is 12.4 Å². The quantitative estimate of drug-likeness (QED) is 0.549. The predicted octanol–water partition coefficient (Wildman–Crippen LogP) is 2.31. The molecule has 0 bridgehead atoms. The maximum absolute atomic E-state index is 2.18. The zero-order valence-corrected chi connectivity index (χ0v) is 6.92. The molecule has 1 aliphatic rings. The van der Waals surface area contributed by atoms with E-state index in [1.165, 1.54) is 12.8 Å². The first kappa shape index (κ1) is 11.2. The Morgan fingerprint density at radius 2 is 1.25 bits per heavy atom. The second-order valence-electron chi connectivity index (χ2n) is 1.43. The van der Waals surface area contributed by atoms with Crippen LogP contribution in [0.25, 0.3) is 0 Å². The van der Waals surface area contributed by atoms with E-state index in [1.54, 1.807) is 0 Å². The molecule has 1 aliphatic carbocycles. The van der Waals surface area contributed by atoms with Crippen LogP contribution in [0.15, 0.2) is 24.3 Å². The van der Waals surface area contributed by atoms with Crippen molar-refractivity contribution < 1.29 is 19.5 Å². The van der Waals surface area contributed by atoms with Crippen LogP contribution in [0.5, 0.6) is 0 Å². The van der Waals surface area contributed by atoms with Crippen molar-refractivity contribution in [2.75, 3.05) is 0 Å². The second kappa shape index (κ2) is 7.39. The summed E-state index contributed by atoms with van der Waals surface area (Å²) in [6, 6.07) is 0. The summed E-state index contributed by atoms with van der Waals surface area (Å²) in [6.45, 7) is 0. The molecular formula is C6H9ClRh. The third-order valence-corrected chi connectivity index (χ3v) is 0.883. The van der Waals surface area contributed by atoms with Crippen molar-refractivity contribution in [1.82, 2.24) is 0 Å². The smallest absolute Gasteiger partial charge is 0 e. The summed E-state index contributed by atoms with van der Waals surface area (Å²) in [5.74, 6) is 0. The van der Waals surface area contributed by atoms with Crippen LogP contribution < -0.4 is 0 Å². The second-order valence-corrected chi connectivity index (χ2v) is 1.43. The van der Waals surface area contributed by atoms with Crippen molar-refractivity contribution in [3.8, 4) is 0 Å². The van der Waals surface area contributed by atoms with Gasteiger partial charge in [-0.15, -0.1) is 12.4 Å². The summed E-state index contributed by atoms with van der Waals surface area (Å²) < 4.78 is 0. The Bertz CT molecular complexity index is 74.5. The van der Waals surface area contributed by atoms with Crippen LogP contribution in [-0.2, 0) is 19.5 Å². The van der Waals surface area contributed by atoms with Gasteiger partial charge < -0.3 is 0 Å². The molecule has 1 radical (unpaired) electrons. The van der Waals surface area contributed by atoms with Gasteiger partial charge in [0.15, 0.2) is 0 Å². The molecule has 0 saturated heterocycles. The monoisotopic (exact) mass is 219 g/mol. The van der Waals surface area contributed by atoms with Gasteiger partial charge in [0.2, 0.25) is 0 Å². The molecule has 0 aromatic heterocycles. The van der Waals surface area contributed by atoms with Crippen LogP contribution in [-0.4, -0.2) is 0 Å². The average molecular weight is 219 g/mol. The zero-order chi connectivity index (χ0) is 4.24. The maximum atomic E-state index is 2.18. The van der Waals surface area contributed by atoms with E-state index in [9.17, 15) is 0 Å². The van der Waals surface area contributed by atoms with Crippen LogP contribution in [0.3, 0.4) is 0 Å². The van der Waals surface area contributed by atoms with Crippen LogP contribution in [0.2, 0.25) is 0 Å². The van der Waals surface area contributed by atoms with Gasteiger partial charge in [0.1, 0.15) is 0 Å². The largest absolute Gasteiger partial charge is 0.147 e. The summed E-state index contributed by atoms with van der Waals surface area (Å²) in [7, 11) is 0. The van der Waals surface area contributed by atoms with E-state index >= 15 is 0 Å². The molecule has 0 fully saturated rings. The minimum atomic E-state index is 0. The molecule has 0 atom stereocenters. The molecule has 49 valence electrons. The summed E-state index contributed by atoms with van der Waals surface area (Å²) in [4.78, 5) is 0. The normalized spacial score (nSPS) is 14.0. The minimum absolute atomic E-state index is 0. The summed E-state index contributed by atoms with van der Waals surface area (Å²) in [5, 5.41) is 0. The Morgan fingerprint density at radius 3 is 1.38 bits per heavy atom. The van der Waals surface area contributed by atoms with E-state index in [0.717, 1.165) is 0 Å².